The lowest BCUT2D eigenvalue weighted by Gasteiger charge is -2.36. The lowest BCUT2D eigenvalue weighted by atomic mass is 10.2. The van der Waals surface area contributed by atoms with Gasteiger partial charge in [0.25, 0.3) is 5.91 Å². The molecule has 0 aliphatic carbocycles. The van der Waals surface area contributed by atoms with Crippen LogP contribution in [0.4, 0.5) is 0 Å². The molecule has 2 saturated heterocycles. The molecule has 21 heavy (non-hydrogen) atoms. The highest BCUT2D eigenvalue weighted by atomic mass is 16.5. The quantitative estimate of drug-likeness (QED) is 0.671. The van der Waals surface area contributed by atoms with Gasteiger partial charge >= 0.3 is 0 Å². The van der Waals surface area contributed by atoms with Gasteiger partial charge in [-0.1, -0.05) is 0 Å². The van der Waals surface area contributed by atoms with E-state index in [1.165, 1.54) is 0 Å². The Labute approximate surface area is 126 Å². The van der Waals surface area contributed by atoms with Crippen LogP contribution in [0.2, 0.25) is 0 Å². The third-order valence-electron chi connectivity index (χ3n) is 3.70. The second kappa shape index (κ2) is 7.72. The minimum Gasteiger partial charge on any atom is -0.366 e. The van der Waals surface area contributed by atoms with Crippen molar-refractivity contribution in [2.75, 3.05) is 52.4 Å². The van der Waals surface area contributed by atoms with E-state index >= 15 is 0 Å². The van der Waals surface area contributed by atoms with Crippen molar-refractivity contribution in [3.8, 4) is 0 Å². The first-order chi connectivity index (χ1) is 10.1. The van der Waals surface area contributed by atoms with Gasteiger partial charge in [-0.2, -0.15) is 0 Å². The summed E-state index contributed by atoms with van der Waals surface area (Å²) in [7, 11) is 0. The average molecular weight is 298 g/mol. The van der Waals surface area contributed by atoms with Crippen molar-refractivity contribution < 1.29 is 14.3 Å². The maximum absolute atomic E-state index is 12.3. The second-order valence-corrected chi connectivity index (χ2v) is 5.89. The van der Waals surface area contributed by atoms with Gasteiger partial charge in [0.05, 0.1) is 13.2 Å². The highest BCUT2D eigenvalue weighted by Gasteiger charge is 2.29. The SMILES string of the molecule is CC(C)NC(=O)CN1CCN(C(=O)[C@@H]2CNCCO2)CC1. The molecule has 2 N–H and O–H groups in total. The number of carbonyl (C=O) groups excluding carboxylic acids is 2. The van der Waals surface area contributed by atoms with Crippen LogP contribution in [0.5, 0.6) is 0 Å². The molecule has 0 radical (unpaired) electrons. The van der Waals surface area contributed by atoms with Crippen LogP contribution in [0.25, 0.3) is 0 Å². The molecule has 7 nitrogen and oxygen atoms in total. The highest BCUT2D eigenvalue weighted by Crippen LogP contribution is 2.07. The van der Waals surface area contributed by atoms with Gasteiger partial charge in [-0.05, 0) is 13.8 Å². The molecule has 2 aliphatic heterocycles. The van der Waals surface area contributed by atoms with Crippen LogP contribution in [0, 0.1) is 0 Å². The molecular formula is C14H26N4O3. The Hall–Kier alpha value is -1.18. The van der Waals surface area contributed by atoms with E-state index in [1.54, 1.807) is 0 Å². The van der Waals surface area contributed by atoms with Crippen LogP contribution in [0.3, 0.4) is 0 Å². The Kier molecular flexibility index (Phi) is 5.96. The van der Waals surface area contributed by atoms with Crippen LogP contribution in [0.1, 0.15) is 13.8 Å². The fourth-order valence-corrected chi connectivity index (χ4v) is 2.62. The Bertz CT molecular complexity index is 361. The fourth-order valence-electron chi connectivity index (χ4n) is 2.62. The molecule has 2 aliphatic rings. The number of ether oxygens (including phenoxy) is 1. The molecule has 2 amide bonds. The standard InChI is InChI=1S/C14H26N4O3/c1-11(2)16-13(19)10-17-4-6-18(7-5-17)14(20)12-9-15-3-8-21-12/h11-12,15H,3-10H2,1-2H3,(H,16,19)/t12-/m0/s1. The van der Waals surface area contributed by atoms with Crippen molar-refractivity contribution in [3.05, 3.63) is 0 Å². The van der Waals surface area contributed by atoms with Crippen LogP contribution < -0.4 is 10.6 Å². The van der Waals surface area contributed by atoms with E-state index in [0.717, 1.165) is 19.6 Å². The highest BCUT2D eigenvalue weighted by molar-refractivity contribution is 5.81. The summed E-state index contributed by atoms with van der Waals surface area (Å²) in [6.07, 6.45) is -0.352. The third-order valence-corrected chi connectivity index (χ3v) is 3.70. The summed E-state index contributed by atoms with van der Waals surface area (Å²) >= 11 is 0. The zero-order chi connectivity index (χ0) is 15.2. The molecule has 0 unspecified atom stereocenters. The number of amides is 2. The van der Waals surface area contributed by atoms with E-state index in [-0.39, 0.29) is 24.0 Å². The molecular weight excluding hydrogens is 272 g/mol. The van der Waals surface area contributed by atoms with E-state index in [4.69, 9.17) is 4.74 Å². The molecule has 0 aromatic rings. The summed E-state index contributed by atoms with van der Waals surface area (Å²) in [5, 5.41) is 6.06. The van der Waals surface area contributed by atoms with Gasteiger partial charge in [0.15, 0.2) is 0 Å². The largest absolute Gasteiger partial charge is 0.366 e. The fraction of sp³-hybridized carbons (Fsp3) is 0.857. The Balaban J connectivity index is 1.72. The molecule has 7 heteroatoms. The summed E-state index contributed by atoms with van der Waals surface area (Å²) in [6.45, 7) is 9.08. The molecule has 0 bridgehead atoms. The molecule has 1 atom stereocenters. The number of morpholine rings is 1. The van der Waals surface area contributed by atoms with Crippen molar-refractivity contribution in [2.24, 2.45) is 0 Å². The lowest BCUT2D eigenvalue weighted by molar-refractivity contribution is -0.147. The molecule has 0 spiro atoms. The average Bonchev–Trinajstić information content (AvgIpc) is 2.47. The third kappa shape index (κ3) is 4.94. The van der Waals surface area contributed by atoms with Gasteiger partial charge in [-0.3, -0.25) is 14.5 Å². The van der Waals surface area contributed by atoms with Crippen LogP contribution in [-0.4, -0.2) is 86.2 Å². The second-order valence-electron chi connectivity index (χ2n) is 5.89. The van der Waals surface area contributed by atoms with Crippen molar-refractivity contribution in [2.45, 2.75) is 26.0 Å². The number of rotatable bonds is 4. The van der Waals surface area contributed by atoms with E-state index in [2.05, 4.69) is 15.5 Å². The molecule has 2 fully saturated rings. The van der Waals surface area contributed by atoms with Gasteiger partial charge in [-0.25, -0.2) is 0 Å². The Morgan fingerprint density at radius 1 is 1.29 bits per heavy atom. The first-order valence-corrected chi connectivity index (χ1v) is 7.69. The first kappa shape index (κ1) is 16.2. The topological polar surface area (TPSA) is 73.9 Å². The normalized spacial score (nSPS) is 24.1. The van der Waals surface area contributed by atoms with Gasteiger partial charge in [-0.15, -0.1) is 0 Å². The van der Waals surface area contributed by atoms with Gasteiger partial charge in [0.1, 0.15) is 6.10 Å². The maximum atomic E-state index is 12.3. The summed E-state index contributed by atoms with van der Waals surface area (Å²) < 4.78 is 5.50. The van der Waals surface area contributed by atoms with Crippen molar-refractivity contribution in [1.82, 2.24) is 20.4 Å². The smallest absolute Gasteiger partial charge is 0.253 e. The van der Waals surface area contributed by atoms with E-state index in [1.807, 2.05) is 18.7 Å². The predicted octanol–water partition coefficient (Wildman–Crippen LogP) is -1.36. The lowest BCUT2D eigenvalue weighted by Crippen LogP contribution is -2.56. The maximum Gasteiger partial charge on any atom is 0.253 e. The molecule has 0 saturated carbocycles. The first-order valence-electron chi connectivity index (χ1n) is 7.69. The van der Waals surface area contributed by atoms with Gasteiger partial charge in [0.2, 0.25) is 5.91 Å². The van der Waals surface area contributed by atoms with E-state index in [9.17, 15) is 9.59 Å². The molecule has 2 heterocycles. The zero-order valence-electron chi connectivity index (χ0n) is 12.9. The zero-order valence-corrected chi connectivity index (χ0v) is 12.9. The predicted molar refractivity (Wildman–Crippen MR) is 78.9 cm³/mol. The van der Waals surface area contributed by atoms with Gasteiger partial charge in [0, 0.05) is 45.3 Å². The van der Waals surface area contributed by atoms with Crippen molar-refractivity contribution in [3.63, 3.8) is 0 Å². The number of piperazine rings is 1. The Morgan fingerprint density at radius 2 is 2.00 bits per heavy atom. The number of nitrogens with one attached hydrogen (secondary N) is 2. The van der Waals surface area contributed by atoms with Crippen LogP contribution in [-0.2, 0) is 14.3 Å². The van der Waals surface area contributed by atoms with Crippen LogP contribution >= 0.6 is 0 Å². The summed E-state index contributed by atoms with van der Waals surface area (Å²) in [5.74, 6) is 0.109. The van der Waals surface area contributed by atoms with E-state index < -0.39 is 0 Å². The number of carbonyl (C=O) groups is 2. The van der Waals surface area contributed by atoms with Crippen molar-refractivity contribution in [1.29, 1.82) is 0 Å². The molecule has 0 aromatic heterocycles. The van der Waals surface area contributed by atoms with Crippen LogP contribution in [0.15, 0.2) is 0 Å². The van der Waals surface area contributed by atoms with Gasteiger partial charge < -0.3 is 20.3 Å². The number of hydrogen-bond acceptors (Lipinski definition) is 5. The number of nitrogens with zero attached hydrogens (tertiary/aromatic N) is 2. The minimum absolute atomic E-state index is 0.0459. The molecule has 2 rings (SSSR count). The number of hydrogen-bond donors (Lipinski definition) is 2. The Morgan fingerprint density at radius 3 is 2.57 bits per heavy atom. The molecule has 0 aromatic carbocycles. The van der Waals surface area contributed by atoms with Crippen molar-refractivity contribution >= 4 is 11.8 Å². The monoisotopic (exact) mass is 298 g/mol. The summed E-state index contributed by atoms with van der Waals surface area (Å²) in [6, 6.07) is 0.163. The minimum atomic E-state index is -0.352. The van der Waals surface area contributed by atoms with E-state index in [0.29, 0.717) is 32.8 Å². The molecule has 120 valence electrons. The summed E-state index contributed by atoms with van der Waals surface area (Å²) in [4.78, 5) is 27.9. The summed E-state index contributed by atoms with van der Waals surface area (Å²) in [5.41, 5.74) is 0.